The summed E-state index contributed by atoms with van der Waals surface area (Å²) in [6, 6.07) is 0.167. The molecule has 2 aliphatic rings. The van der Waals surface area contributed by atoms with E-state index >= 15 is 0 Å². The van der Waals surface area contributed by atoms with Crippen molar-refractivity contribution in [2.45, 2.75) is 44.4 Å². The second-order valence-corrected chi connectivity index (χ2v) is 12.4. The van der Waals surface area contributed by atoms with Crippen molar-refractivity contribution in [3.63, 3.8) is 0 Å². The Morgan fingerprint density at radius 3 is 2.24 bits per heavy atom. The van der Waals surface area contributed by atoms with Gasteiger partial charge >= 0.3 is 5.97 Å². The molecule has 7 rings (SSSR count). The lowest BCUT2D eigenvalue weighted by molar-refractivity contribution is -0.137. The van der Waals surface area contributed by atoms with Crippen molar-refractivity contribution < 1.29 is 39.5 Å². The summed E-state index contributed by atoms with van der Waals surface area (Å²) in [6.45, 7) is 1.99. The van der Waals surface area contributed by atoms with E-state index in [-0.39, 0.29) is 62.6 Å². The first-order chi connectivity index (χ1) is 21.5. The Morgan fingerprint density at radius 1 is 0.956 bits per heavy atom. The molecule has 5 aromatic rings. The third-order valence-electron chi connectivity index (χ3n) is 9.08. The summed E-state index contributed by atoms with van der Waals surface area (Å²) in [7, 11) is 2.67. The van der Waals surface area contributed by atoms with Crippen LogP contribution in [-0.2, 0) is 29.2 Å². The average Bonchev–Trinajstić information content (AvgIpc) is 3.14. The molecule has 0 bridgehead atoms. The van der Waals surface area contributed by atoms with Crippen LogP contribution in [-0.4, -0.2) is 58.2 Å². The van der Waals surface area contributed by atoms with E-state index in [0.717, 1.165) is 11.8 Å². The number of Topliss-reactive ketones (excluding diaryl/α,β-unsaturated/α-hetero) is 1. The fraction of sp³-hybridized carbons (Fsp3) is 0.273. The standard InChI is InChI=1S/C33H27NO10S/c1-10-5-13-19-22-18(12(7-35)6-16(38)21(22)28(39)30(13)43-3)20-14(8-36)32-27(34-15(9-45-32)33(41)42)26-24(20)23(19)25(17(10)11(2)37)31(44-4)29(26)40/h6,15,34-36,39H,5,7-9H2,1-4H3,(H,41,42). The van der Waals surface area contributed by atoms with Crippen molar-refractivity contribution in [3.8, 4) is 17.2 Å². The largest absolute Gasteiger partial charge is 0.504 e. The molecule has 0 saturated carbocycles. The molecule has 1 aliphatic carbocycles. The van der Waals surface area contributed by atoms with Gasteiger partial charge in [0.15, 0.2) is 28.5 Å². The summed E-state index contributed by atoms with van der Waals surface area (Å²) in [5.74, 6) is -1.92. The van der Waals surface area contributed by atoms with Crippen LogP contribution in [0.1, 0.15) is 36.1 Å². The van der Waals surface area contributed by atoms with Crippen LogP contribution in [0.4, 0.5) is 5.69 Å². The Hall–Kier alpha value is -4.65. The monoisotopic (exact) mass is 629 g/mol. The number of carbonyl (C=O) groups excluding carboxylic acids is 1. The summed E-state index contributed by atoms with van der Waals surface area (Å²) >= 11 is 1.16. The summed E-state index contributed by atoms with van der Waals surface area (Å²) in [5, 5.41) is 48.1. The van der Waals surface area contributed by atoms with E-state index < -0.39 is 41.8 Å². The first kappa shape index (κ1) is 29.1. The minimum absolute atomic E-state index is 0.0223. The number of carbonyl (C=O) groups is 2. The number of ketones is 1. The number of anilines is 1. The van der Waals surface area contributed by atoms with Gasteiger partial charge in [0.05, 0.1) is 43.9 Å². The molecular formula is C33H27NO10S. The van der Waals surface area contributed by atoms with Gasteiger partial charge < -0.3 is 35.2 Å². The van der Waals surface area contributed by atoms with E-state index in [1.807, 2.05) is 0 Å². The number of benzene rings is 5. The van der Waals surface area contributed by atoms with Crippen LogP contribution in [0.2, 0.25) is 0 Å². The van der Waals surface area contributed by atoms with E-state index in [1.54, 1.807) is 6.92 Å². The lowest BCUT2D eigenvalue weighted by atomic mass is 9.80. The lowest BCUT2D eigenvalue weighted by Gasteiger charge is -2.30. The van der Waals surface area contributed by atoms with Crippen molar-refractivity contribution >= 4 is 77.9 Å². The third kappa shape index (κ3) is 3.55. The highest BCUT2D eigenvalue weighted by Crippen LogP contribution is 2.56. The number of aromatic hydroxyl groups is 1. The first-order valence-electron chi connectivity index (χ1n) is 14.1. The van der Waals surface area contributed by atoms with Crippen LogP contribution in [0.15, 0.2) is 26.1 Å². The Bertz CT molecular complexity index is 2350. The molecule has 5 N–H and O–H groups in total. The van der Waals surface area contributed by atoms with Gasteiger partial charge in [0.25, 0.3) is 0 Å². The maximum Gasteiger partial charge on any atom is 0.326 e. The second-order valence-electron chi connectivity index (χ2n) is 11.4. The molecule has 12 heteroatoms. The predicted octanol–water partition coefficient (Wildman–Crippen LogP) is 3.49. The molecule has 0 radical (unpaired) electrons. The molecule has 45 heavy (non-hydrogen) atoms. The van der Waals surface area contributed by atoms with Crippen molar-refractivity contribution in [1.29, 1.82) is 0 Å². The highest BCUT2D eigenvalue weighted by molar-refractivity contribution is 7.99. The van der Waals surface area contributed by atoms with E-state index in [0.29, 0.717) is 53.9 Å². The van der Waals surface area contributed by atoms with Crippen LogP contribution in [0.25, 0.3) is 48.7 Å². The van der Waals surface area contributed by atoms with Gasteiger partial charge in [0, 0.05) is 49.1 Å². The van der Waals surface area contributed by atoms with Gasteiger partial charge in [0.2, 0.25) is 5.43 Å². The van der Waals surface area contributed by atoms with E-state index in [1.165, 1.54) is 27.2 Å². The lowest BCUT2D eigenvalue weighted by Crippen LogP contribution is -2.35. The van der Waals surface area contributed by atoms with Crippen molar-refractivity contribution in [2.24, 2.45) is 0 Å². The quantitative estimate of drug-likeness (QED) is 0.137. The number of hydrogen-bond donors (Lipinski definition) is 5. The maximum atomic E-state index is 14.6. The molecule has 0 fully saturated rings. The SMILES string of the molecule is COc1c(O)c2c(=O)cc(CO)c3c4c(CO)c5c(c6c(=O)c(OC)c7c(c(c1CC(C)=C7C(C)=O)c23)c64)NC(C(=O)O)CS5. The number of carboxylic acid groups (broad SMARTS) is 1. The smallest absolute Gasteiger partial charge is 0.326 e. The minimum Gasteiger partial charge on any atom is -0.504 e. The zero-order valence-corrected chi connectivity index (χ0v) is 25.4. The van der Waals surface area contributed by atoms with Crippen LogP contribution in [0.3, 0.4) is 0 Å². The van der Waals surface area contributed by atoms with Crippen LogP contribution < -0.4 is 25.6 Å². The molecule has 5 aromatic carbocycles. The van der Waals surface area contributed by atoms with Gasteiger partial charge in [-0.25, -0.2) is 4.79 Å². The van der Waals surface area contributed by atoms with Gasteiger partial charge in [-0.1, -0.05) is 5.57 Å². The highest BCUT2D eigenvalue weighted by Gasteiger charge is 2.38. The maximum absolute atomic E-state index is 14.6. The number of phenols is 1. The number of thioether (sulfide) groups is 1. The summed E-state index contributed by atoms with van der Waals surface area (Å²) < 4.78 is 11.5. The number of rotatable bonds is 6. The molecule has 1 atom stereocenters. The fourth-order valence-electron chi connectivity index (χ4n) is 7.48. The van der Waals surface area contributed by atoms with E-state index in [9.17, 15) is 39.6 Å². The topological polar surface area (TPSA) is 180 Å². The minimum atomic E-state index is -1.13. The molecule has 230 valence electrons. The zero-order chi connectivity index (χ0) is 32.2. The fourth-order valence-corrected chi connectivity index (χ4v) is 8.69. The Morgan fingerprint density at radius 2 is 1.64 bits per heavy atom. The number of phenolic OH excluding ortho intramolecular Hbond substituents is 1. The number of fused-ring (bicyclic) bond motifs is 3. The Labute approximate surface area is 258 Å². The molecule has 0 aromatic heterocycles. The average molecular weight is 630 g/mol. The van der Waals surface area contributed by atoms with Crippen LogP contribution in [0, 0.1) is 0 Å². The highest BCUT2D eigenvalue weighted by atomic mass is 32.2. The first-order valence-corrected chi connectivity index (χ1v) is 15.1. The summed E-state index contributed by atoms with van der Waals surface area (Å²) in [6.07, 6.45) is 0.101. The number of ether oxygens (including phenoxy) is 2. The zero-order valence-electron chi connectivity index (χ0n) is 24.6. The van der Waals surface area contributed by atoms with Crippen molar-refractivity contribution in [2.75, 3.05) is 25.3 Å². The molecule has 1 aliphatic heterocycles. The van der Waals surface area contributed by atoms with E-state index in [4.69, 9.17) is 9.47 Å². The molecule has 1 unspecified atom stereocenters. The van der Waals surface area contributed by atoms with Crippen molar-refractivity contribution in [1.82, 2.24) is 0 Å². The molecular weight excluding hydrogens is 602 g/mol. The van der Waals surface area contributed by atoms with Crippen LogP contribution >= 0.6 is 11.8 Å². The number of aliphatic hydroxyl groups is 2. The number of aliphatic carboxylic acids is 1. The summed E-state index contributed by atoms with van der Waals surface area (Å²) in [5.41, 5.74) is 1.02. The number of aliphatic hydroxyl groups excluding tert-OH is 2. The van der Waals surface area contributed by atoms with Gasteiger partial charge in [-0.2, -0.15) is 0 Å². The third-order valence-corrected chi connectivity index (χ3v) is 10.3. The normalized spacial score (nSPS) is 16.1. The van der Waals surface area contributed by atoms with Crippen molar-refractivity contribution in [3.05, 3.63) is 54.3 Å². The Balaban J connectivity index is 1.98. The molecule has 0 spiro atoms. The number of carboxylic acids is 1. The van der Waals surface area contributed by atoms with Crippen LogP contribution in [0.5, 0.6) is 17.2 Å². The molecule has 1 heterocycles. The molecule has 0 amide bonds. The van der Waals surface area contributed by atoms with E-state index in [2.05, 4.69) is 5.32 Å². The number of methoxy groups -OCH3 is 2. The van der Waals surface area contributed by atoms with Gasteiger partial charge in [-0.05, 0) is 48.1 Å². The predicted molar refractivity (Wildman–Crippen MR) is 171 cm³/mol. The number of allylic oxidation sites excluding steroid dienone is 2. The number of hydrogen-bond acceptors (Lipinski definition) is 11. The Kier molecular flexibility index (Phi) is 6.42. The van der Waals surface area contributed by atoms with Gasteiger partial charge in [-0.3, -0.25) is 14.4 Å². The van der Waals surface area contributed by atoms with Gasteiger partial charge in [0.1, 0.15) is 6.04 Å². The van der Waals surface area contributed by atoms with Gasteiger partial charge in [-0.15, -0.1) is 11.8 Å². The number of nitrogens with one attached hydrogen (secondary N) is 1. The molecule has 0 saturated heterocycles. The summed E-state index contributed by atoms with van der Waals surface area (Å²) in [4.78, 5) is 54.2. The molecule has 11 nitrogen and oxygen atoms in total. The second kappa shape index (κ2) is 9.93.